The molecule has 0 radical (unpaired) electrons. The maximum Gasteiger partial charge on any atom is 0.417 e. The Bertz CT molecular complexity index is 579. The first kappa shape index (κ1) is 15.8. The van der Waals surface area contributed by atoms with Crippen molar-refractivity contribution in [1.82, 2.24) is 10.3 Å². The summed E-state index contributed by atoms with van der Waals surface area (Å²) >= 11 is 5.85. The van der Waals surface area contributed by atoms with Crippen molar-refractivity contribution in [2.24, 2.45) is 0 Å². The summed E-state index contributed by atoms with van der Waals surface area (Å²) in [6, 6.07) is 9.31. The van der Waals surface area contributed by atoms with E-state index in [1.807, 2.05) is 19.1 Å². The van der Waals surface area contributed by atoms with Crippen molar-refractivity contribution in [2.75, 3.05) is 6.54 Å². The second-order valence-corrected chi connectivity index (χ2v) is 4.95. The lowest BCUT2D eigenvalue weighted by atomic mass is 10.0. The van der Waals surface area contributed by atoms with Gasteiger partial charge in [0, 0.05) is 11.2 Å². The molecule has 1 N–H and O–H groups in total. The van der Waals surface area contributed by atoms with E-state index < -0.39 is 11.7 Å². The quantitative estimate of drug-likeness (QED) is 0.901. The van der Waals surface area contributed by atoms with Crippen LogP contribution >= 0.6 is 11.6 Å². The normalized spacial score (nSPS) is 13.2. The van der Waals surface area contributed by atoms with E-state index in [1.54, 1.807) is 12.1 Å². The van der Waals surface area contributed by atoms with Crippen molar-refractivity contribution >= 4 is 11.6 Å². The van der Waals surface area contributed by atoms with Crippen molar-refractivity contribution in [3.05, 3.63) is 64.4 Å². The van der Waals surface area contributed by atoms with Gasteiger partial charge in [-0.25, -0.2) is 0 Å². The number of nitrogens with zero attached hydrogens (tertiary/aromatic N) is 1. The molecule has 1 heterocycles. The molecule has 2 aromatic rings. The zero-order valence-corrected chi connectivity index (χ0v) is 12.0. The van der Waals surface area contributed by atoms with Crippen LogP contribution in [0.4, 0.5) is 13.2 Å². The number of rotatable bonds is 4. The van der Waals surface area contributed by atoms with Crippen LogP contribution < -0.4 is 5.32 Å². The van der Waals surface area contributed by atoms with Gasteiger partial charge in [-0.05, 0) is 36.4 Å². The van der Waals surface area contributed by atoms with Crippen LogP contribution in [0.1, 0.15) is 29.8 Å². The third-order valence-electron chi connectivity index (χ3n) is 3.02. The molecule has 0 aliphatic carbocycles. The van der Waals surface area contributed by atoms with Crippen molar-refractivity contribution < 1.29 is 13.2 Å². The Labute approximate surface area is 126 Å². The number of hydrogen-bond donors (Lipinski definition) is 1. The topological polar surface area (TPSA) is 24.9 Å². The molecule has 1 atom stereocenters. The molecule has 1 aromatic heterocycles. The molecule has 1 unspecified atom stereocenters. The third kappa shape index (κ3) is 3.95. The Balaban J connectivity index is 2.32. The molecule has 0 amide bonds. The van der Waals surface area contributed by atoms with Gasteiger partial charge >= 0.3 is 6.18 Å². The van der Waals surface area contributed by atoms with Crippen LogP contribution in [0.25, 0.3) is 0 Å². The number of halogens is 4. The van der Waals surface area contributed by atoms with Gasteiger partial charge in [0.05, 0.1) is 17.3 Å². The molecule has 0 aliphatic heterocycles. The fourth-order valence-electron chi connectivity index (χ4n) is 2.00. The van der Waals surface area contributed by atoms with Gasteiger partial charge in [-0.3, -0.25) is 4.98 Å². The first-order valence-corrected chi connectivity index (χ1v) is 6.81. The largest absolute Gasteiger partial charge is 0.417 e. The molecule has 2 nitrogen and oxygen atoms in total. The molecule has 0 saturated heterocycles. The molecule has 21 heavy (non-hydrogen) atoms. The minimum Gasteiger partial charge on any atom is -0.305 e. The predicted octanol–water partition coefficient (Wildman–Crippen LogP) is 4.45. The minimum absolute atomic E-state index is 0.269. The minimum atomic E-state index is -4.38. The molecular weight excluding hydrogens is 301 g/mol. The van der Waals surface area contributed by atoms with E-state index in [0.717, 1.165) is 17.8 Å². The number of alkyl halides is 3. The SMILES string of the molecule is CCNC(c1ccc(Cl)cc1)c1ccc(C(F)(F)F)cn1. The summed E-state index contributed by atoms with van der Waals surface area (Å²) in [5.41, 5.74) is 0.679. The van der Waals surface area contributed by atoms with Gasteiger partial charge in [-0.2, -0.15) is 13.2 Å². The molecule has 0 saturated carbocycles. The van der Waals surface area contributed by atoms with Crippen molar-refractivity contribution in [3.63, 3.8) is 0 Å². The van der Waals surface area contributed by atoms with Crippen LogP contribution in [0.15, 0.2) is 42.6 Å². The van der Waals surface area contributed by atoms with E-state index in [9.17, 15) is 13.2 Å². The summed E-state index contributed by atoms with van der Waals surface area (Å²) in [7, 11) is 0. The summed E-state index contributed by atoms with van der Waals surface area (Å²) in [6.45, 7) is 2.59. The molecule has 112 valence electrons. The van der Waals surface area contributed by atoms with Crippen LogP contribution in [0.3, 0.4) is 0 Å². The van der Waals surface area contributed by atoms with E-state index in [1.165, 1.54) is 6.07 Å². The molecule has 0 fully saturated rings. The Hall–Kier alpha value is -1.59. The predicted molar refractivity (Wildman–Crippen MR) is 76.2 cm³/mol. The zero-order chi connectivity index (χ0) is 15.5. The summed E-state index contributed by atoms with van der Waals surface area (Å²) in [5.74, 6) is 0. The highest BCUT2D eigenvalue weighted by Gasteiger charge is 2.31. The summed E-state index contributed by atoms with van der Waals surface area (Å²) < 4.78 is 37.7. The fraction of sp³-hybridized carbons (Fsp3) is 0.267. The molecule has 6 heteroatoms. The molecule has 2 rings (SSSR count). The zero-order valence-electron chi connectivity index (χ0n) is 11.3. The fourth-order valence-corrected chi connectivity index (χ4v) is 2.12. The summed E-state index contributed by atoms with van der Waals surface area (Å²) in [4.78, 5) is 3.95. The van der Waals surface area contributed by atoms with Crippen molar-refractivity contribution in [2.45, 2.75) is 19.1 Å². The smallest absolute Gasteiger partial charge is 0.305 e. The van der Waals surface area contributed by atoms with Gasteiger partial charge in [0.15, 0.2) is 0 Å². The van der Waals surface area contributed by atoms with Gasteiger partial charge in [-0.1, -0.05) is 30.7 Å². The lowest BCUT2D eigenvalue weighted by molar-refractivity contribution is -0.137. The number of nitrogens with one attached hydrogen (secondary N) is 1. The van der Waals surface area contributed by atoms with E-state index in [2.05, 4.69) is 10.3 Å². The second-order valence-electron chi connectivity index (χ2n) is 4.51. The maximum absolute atomic E-state index is 12.6. The lowest BCUT2D eigenvalue weighted by Crippen LogP contribution is -2.23. The van der Waals surface area contributed by atoms with Gasteiger partial charge in [0.25, 0.3) is 0 Å². The molecule has 0 aliphatic rings. The van der Waals surface area contributed by atoms with E-state index in [4.69, 9.17) is 11.6 Å². The highest BCUT2D eigenvalue weighted by Crippen LogP contribution is 2.30. The van der Waals surface area contributed by atoms with Crippen LogP contribution in [0, 0.1) is 0 Å². The lowest BCUT2D eigenvalue weighted by Gasteiger charge is -2.18. The van der Waals surface area contributed by atoms with Crippen LogP contribution in [-0.2, 0) is 6.18 Å². The van der Waals surface area contributed by atoms with E-state index in [0.29, 0.717) is 17.3 Å². The average molecular weight is 315 g/mol. The van der Waals surface area contributed by atoms with Crippen molar-refractivity contribution in [3.8, 4) is 0 Å². The monoisotopic (exact) mass is 314 g/mol. The molecule has 0 bridgehead atoms. The Morgan fingerprint density at radius 1 is 1.14 bits per heavy atom. The number of benzene rings is 1. The van der Waals surface area contributed by atoms with Gasteiger partial charge < -0.3 is 5.32 Å². The average Bonchev–Trinajstić information content (AvgIpc) is 2.45. The van der Waals surface area contributed by atoms with Crippen LogP contribution in [0.5, 0.6) is 0 Å². The highest BCUT2D eigenvalue weighted by atomic mass is 35.5. The maximum atomic E-state index is 12.6. The molecule has 1 aromatic carbocycles. The van der Waals surface area contributed by atoms with Gasteiger partial charge in [0.1, 0.15) is 0 Å². The first-order valence-electron chi connectivity index (χ1n) is 6.44. The first-order chi connectivity index (χ1) is 9.91. The van der Waals surface area contributed by atoms with Crippen LogP contribution in [-0.4, -0.2) is 11.5 Å². The third-order valence-corrected chi connectivity index (χ3v) is 3.27. The van der Waals surface area contributed by atoms with Crippen molar-refractivity contribution in [1.29, 1.82) is 0 Å². The summed E-state index contributed by atoms with van der Waals surface area (Å²) in [5, 5.41) is 3.81. The summed E-state index contributed by atoms with van der Waals surface area (Å²) in [6.07, 6.45) is -3.52. The number of aromatic nitrogens is 1. The Morgan fingerprint density at radius 3 is 2.29 bits per heavy atom. The standard InChI is InChI=1S/C15H14ClF3N2/c1-2-20-14(10-3-6-12(16)7-4-10)13-8-5-11(9-21-13)15(17,18)19/h3-9,14,20H,2H2,1H3. The number of pyridine rings is 1. The number of hydrogen-bond acceptors (Lipinski definition) is 2. The van der Waals surface area contributed by atoms with E-state index in [-0.39, 0.29) is 6.04 Å². The molecular formula is C15H14ClF3N2. The van der Waals surface area contributed by atoms with E-state index >= 15 is 0 Å². The molecule has 0 spiro atoms. The van der Waals surface area contributed by atoms with Gasteiger partial charge in [-0.15, -0.1) is 0 Å². The van der Waals surface area contributed by atoms with Crippen LogP contribution in [0.2, 0.25) is 5.02 Å². The second kappa shape index (κ2) is 6.45. The highest BCUT2D eigenvalue weighted by molar-refractivity contribution is 6.30. The Kier molecular flexibility index (Phi) is 4.85. The Morgan fingerprint density at radius 2 is 1.81 bits per heavy atom. The van der Waals surface area contributed by atoms with Gasteiger partial charge in [0.2, 0.25) is 0 Å².